The average Bonchev–Trinajstić information content (AvgIpc) is 3.89. The van der Waals surface area contributed by atoms with Gasteiger partial charge in [0.25, 0.3) is 0 Å². The van der Waals surface area contributed by atoms with Crippen molar-refractivity contribution in [3.8, 4) is 45.3 Å². The van der Waals surface area contributed by atoms with Crippen molar-refractivity contribution in [3.63, 3.8) is 0 Å². The molecule has 4 heterocycles. The summed E-state index contributed by atoms with van der Waals surface area (Å²) in [5.41, 5.74) is 8.47. The second-order valence-corrected chi connectivity index (χ2v) is 13.8. The molecule has 11 aromatic rings. The molecule has 6 heteroatoms. The van der Waals surface area contributed by atoms with Crippen molar-refractivity contribution in [2.75, 3.05) is 0 Å². The molecule has 0 saturated carbocycles. The standard InChI is InChI=1S/C45H25N3O2S/c1-2-11-26(12-3-1)43-46-44(48-45(47-43)34-19-10-22-38-40(34)33-14-5-7-21-37(33)49-38)27-23-24-39-35(25-27)32-18-9-17-31(42(32)51-39)30-16-8-15-29-28-13-4-6-20-36(28)50-41(29)30/h1-25H. The lowest BCUT2D eigenvalue weighted by Crippen LogP contribution is -2.00. The summed E-state index contributed by atoms with van der Waals surface area (Å²) in [7, 11) is 0. The first-order chi connectivity index (χ1) is 25.3. The molecule has 0 aliphatic heterocycles. The monoisotopic (exact) mass is 671 g/mol. The fourth-order valence-electron chi connectivity index (χ4n) is 7.41. The van der Waals surface area contributed by atoms with Crippen molar-refractivity contribution in [1.29, 1.82) is 0 Å². The van der Waals surface area contributed by atoms with Gasteiger partial charge in [0.1, 0.15) is 22.3 Å². The summed E-state index contributed by atoms with van der Waals surface area (Å²) in [5.74, 6) is 1.84. The Hall–Kier alpha value is -6.63. The number of furan rings is 2. The maximum absolute atomic E-state index is 6.45. The third-order valence-electron chi connectivity index (χ3n) is 9.76. The van der Waals surface area contributed by atoms with Crippen molar-refractivity contribution >= 4 is 75.4 Å². The summed E-state index contributed by atoms with van der Waals surface area (Å²) in [6.45, 7) is 0. The number of hydrogen-bond acceptors (Lipinski definition) is 6. The lowest BCUT2D eigenvalue weighted by atomic mass is 10.00. The van der Waals surface area contributed by atoms with Crippen molar-refractivity contribution < 1.29 is 8.83 Å². The minimum atomic E-state index is 0.604. The van der Waals surface area contributed by atoms with Crippen molar-refractivity contribution in [2.24, 2.45) is 0 Å². The Morgan fingerprint density at radius 3 is 1.88 bits per heavy atom. The predicted molar refractivity (Wildman–Crippen MR) is 209 cm³/mol. The zero-order chi connectivity index (χ0) is 33.5. The van der Waals surface area contributed by atoms with E-state index in [0.29, 0.717) is 17.5 Å². The maximum atomic E-state index is 6.45. The molecule has 0 bridgehead atoms. The van der Waals surface area contributed by atoms with Crippen LogP contribution in [0.3, 0.4) is 0 Å². The van der Waals surface area contributed by atoms with Gasteiger partial charge in [0.05, 0.1) is 0 Å². The van der Waals surface area contributed by atoms with Crippen LogP contribution in [0.2, 0.25) is 0 Å². The molecule has 238 valence electrons. The van der Waals surface area contributed by atoms with E-state index in [2.05, 4.69) is 78.9 Å². The van der Waals surface area contributed by atoms with Crippen molar-refractivity contribution in [3.05, 3.63) is 152 Å². The van der Waals surface area contributed by atoms with E-state index >= 15 is 0 Å². The third kappa shape index (κ3) is 4.37. The molecule has 0 fully saturated rings. The van der Waals surface area contributed by atoms with Gasteiger partial charge in [-0.25, -0.2) is 15.0 Å². The highest BCUT2D eigenvalue weighted by Gasteiger charge is 2.20. The molecule has 5 nitrogen and oxygen atoms in total. The molecule has 0 aliphatic carbocycles. The van der Waals surface area contributed by atoms with Gasteiger partial charge in [-0.3, -0.25) is 0 Å². The summed E-state index contributed by atoms with van der Waals surface area (Å²) < 4.78 is 15.1. The molecule has 0 aliphatic rings. The summed E-state index contributed by atoms with van der Waals surface area (Å²) in [5, 5.41) is 6.64. The Morgan fingerprint density at radius 2 is 1.02 bits per heavy atom. The van der Waals surface area contributed by atoms with E-state index in [1.165, 1.54) is 14.8 Å². The molecule has 0 N–H and O–H groups in total. The van der Waals surface area contributed by atoms with Crippen molar-refractivity contribution in [2.45, 2.75) is 0 Å². The Morgan fingerprint density at radius 1 is 0.392 bits per heavy atom. The summed E-state index contributed by atoms with van der Waals surface area (Å²) in [6.07, 6.45) is 0. The number of benzene rings is 7. The molecule has 51 heavy (non-hydrogen) atoms. The lowest BCUT2D eigenvalue weighted by Gasteiger charge is -2.09. The van der Waals surface area contributed by atoms with Crippen LogP contribution in [0, 0.1) is 0 Å². The Balaban J connectivity index is 1.11. The molecule has 4 aromatic heterocycles. The van der Waals surface area contributed by atoms with Gasteiger partial charge in [-0.1, -0.05) is 115 Å². The van der Waals surface area contributed by atoms with E-state index in [-0.39, 0.29) is 0 Å². The lowest BCUT2D eigenvalue weighted by molar-refractivity contribution is 0.669. The molecular weight excluding hydrogens is 647 g/mol. The molecule has 11 rings (SSSR count). The van der Waals surface area contributed by atoms with E-state index < -0.39 is 0 Å². The van der Waals surface area contributed by atoms with Crippen LogP contribution in [-0.4, -0.2) is 15.0 Å². The summed E-state index contributed by atoms with van der Waals surface area (Å²) >= 11 is 1.80. The number of thiophene rings is 1. The van der Waals surface area contributed by atoms with Gasteiger partial charge in [0.15, 0.2) is 17.5 Å². The maximum Gasteiger partial charge on any atom is 0.164 e. The molecule has 0 amide bonds. The van der Waals surface area contributed by atoms with Gasteiger partial charge in [-0.15, -0.1) is 11.3 Å². The van der Waals surface area contributed by atoms with E-state index in [1.807, 2.05) is 72.8 Å². The van der Waals surface area contributed by atoms with Gasteiger partial charge in [-0.2, -0.15) is 0 Å². The van der Waals surface area contributed by atoms with Gasteiger partial charge in [0, 0.05) is 69.5 Å². The average molecular weight is 672 g/mol. The Labute approximate surface area is 295 Å². The first-order valence-electron chi connectivity index (χ1n) is 16.9. The number of para-hydroxylation sites is 3. The smallest absolute Gasteiger partial charge is 0.164 e. The quantitative estimate of drug-likeness (QED) is 0.186. The molecule has 0 saturated heterocycles. The minimum absolute atomic E-state index is 0.604. The van der Waals surface area contributed by atoms with Gasteiger partial charge in [-0.05, 0) is 36.4 Å². The predicted octanol–water partition coefficient (Wildman–Crippen LogP) is 12.7. The molecule has 0 radical (unpaired) electrons. The molecule has 7 aromatic carbocycles. The van der Waals surface area contributed by atoms with E-state index in [0.717, 1.165) is 77.1 Å². The van der Waals surface area contributed by atoms with Crippen molar-refractivity contribution in [1.82, 2.24) is 15.0 Å². The van der Waals surface area contributed by atoms with Crippen LogP contribution in [-0.2, 0) is 0 Å². The number of hydrogen-bond donors (Lipinski definition) is 0. The van der Waals surface area contributed by atoms with Crippen LogP contribution < -0.4 is 0 Å². The summed E-state index contributed by atoms with van der Waals surface area (Å²) in [6, 6.07) is 52.0. The van der Waals surface area contributed by atoms with Crippen LogP contribution in [0.1, 0.15) is 0 Å². The van der Waals surface area contributed by atoms with Crippen LogP contribution in [0.4, 0.5) is 0 Å². The topological polar surface area (TPSA) is 65.0 Å². The SMILES string of the molecule is c1ccc(-c2nc(-c3ccc4sc5c(-c6cccc7c6oc6ccccc67)cccc5c4c3)nc(-c3cccc4oc5ccccc5c34)n2)cc1. The molecule has 0 atom stereocenters. The fraction of sp³-hybridized carbons (Fsp3) is 0. The van der Waals surface area contributed by atoms with E-state index in [9.17, 15) is 0 Å². The largest absolute Gasteiger partial charge is 0.456 e. The van der Waals surface area contributed by atoms with Crippen LogP contribution in [0.25, 0.3) is 109 Å². The number of aromatic nitrogens is 3. The van der Waals surface area contributed by atoms with Gasteiger partial charge in [0.2, 0.25) is 0 Å². The Kier molecular flexibility index (Phi) is 6.05. The highest BCUT2D eigenvalue weighted by atomic mass is 32.1. The first-order valence-corrected chi connectivity index (χ1v) is 17.7. The Bertz CT molecular complexity index is 3160. The normalized spacial score (nSPS) is 11.9. The summed E-state index contributed by atoms with van der Waals surface area (Å²) in [4.78, 5) is 15.3. The number of nitrogens with zero attached hydrogens (tertiary/aromatic N) is 3. The number of rotatable bonds is 4. The minimum Gasteiger partial charge on any atom is -0.456 e. The zero-order valence-corrected chi connectivity index (χ0v) is 27.8. The molecule has 0 spiro atoms. The first kappa shape index (κ1) is 28.2. The van der Waals surface area contributed by atoms with Crippen LogP contribution in [0.15, 0.2) is 160 Å². The molecular formula is C45H25N3O2S. The van der Waals surface area contributed by atoms with Gasteiger partial charge >= 0.3 is 0 Å². The van der Waals surface area contributed by atoms with Crippen LogP contribution >= 0.6 is 11.3 Å². The third-order valence-corrected chi connectivity index (χ3v) is 11.0. The van der Waals surface area contributed by atoms with E-state index in [1.54, 1.807) is 11.3 Å². The fourth-order valence-corrected chi connectivity index (χ4v) is 8.62. The highest BCUT2D eigenvalue weighted by molar-refractivity contribution is 7.26. The zero-order valence-electron chi connectivity index (χ0n) is 27.0. The number of fused-ring (bicyclic) bond motifs is 9. The van der Waals surface area contributed by atoms with E-state index in [4.69, 9.17) is 23.8 Å². The van der Waals surface area contributed by atoms with Crippen LogP contribution in [0.5, 0.6) is 0 Å². The second-order valence-electron chi connectivity index (χ2n) is 12.7. The second kappa shape index (κ2) is 10.9. The highest BCUT2D eigenvalue weighted by Crippen LogP contribution is 2.44. The van der Waals surface area contributed by atoms with Gasteiger partial charge < -0.3 is 8.83 Å². The molecule has 0 unspecified atom stereocenters.